The summed E-state index contributed by atoms with van der Waals surface area (Å²) in [7, 11) is -1.61. The highest BCUT2D eigenvalue weighted by Crippen LogP contribution is 2.29. The van der Waals surface area contributed by atoms with Crippen molar-refractivity contribution in [3.05, 3.63) is 42.1 Å². The molecule has 7 nitrogen and oxygen atoms in total. The van der Waals surface area contributed by atoms with Crippen LogP contribution in [0.5, 0.6) is 0 Å². The zero-order chi connectivity index (χ0) is 15.4. The topological polar surface area (TPSA) is 98.6 Å². The second kappa shape index (κ2) is 6.18. The van der Waals surface area contributed by atoms with Gasteiger partial charge < -0.3 is 4.74 Å². The summed E-state index contributed by atoms with van der Waals surface area (Å²) in [5.74, 6) is -1.93. The molecule has 0 bridgehead atoms. The lowest BCUT2D eigenvalue weighted by atomic mass is 10.3. The number of pyridine rings is 2. The van der Waals surface area contributed by atoms with Gasteiger partial charge in [0.1, 0.15) is 5.69 Å². The fourth-order valence-corrected chi connectivity index (χ4v) is 1.64. The Labute approximate surface area is 120 Å². The van der Waals surface area contributed by atoms with E-state index in [-0.39, 0.29) is 5.69 Å². The van der Waals surface area contributed by atoms with E-state index in [9.17, 15) is 17.6 Å². The minimum atomic E-state index is -2.69. The average molecular weight is 309 g/mol. The Hall–Kier alpha value is -2.68. The van der Waals surface area contributed by atoms with Crippen molar-refractivity contribution in [1.82, 2.24) is 9.97 Å². The molecule has 0 unspecified atom stereocenters. The number of carbonyl (C=O) groups is 1. The van der Waals surface area contributed by atoms with Gasteiger partial charge in [0, 0.05) is 17.8 Å². The lowest BCUT2D eigenvalue weighted by Gasteiger charge is -1.99. The van der Waals surface area contributed by atoms with Crippen LogP contribution in [0, 0.1) is 5.82 Å². The third-order valence-electron chi connectivity index (χ3n) is 2.36. The van der Waals surface area contributed by atoms with E-state index in [1.54, 1.807) is 0 Å². The Bertz CT molecular complexity index is 811. The third-order valence-corrected chi connectivity index (χ3v) is 2.72. The Morgan fingerprint density at radius 1 is 1.33 bits per heavy atom. The van der Waals surface area contributed by atoms with Crippen LogP contribution in [-0.4, -0.2) is 31.5 Å². The molecule has 9 heteroatoms. The zero-order valence-corrected chi connectivity index (χ0v) is 11.5. The van der Waals surface area contributed by atoms with Crippen molar-refractivity contribution < 1.29 is 22.3 Å². The van der Waals surface area contributed by atoms with E-state index < -0.39 is 28.0 Å². The fraction of sp³-hybridized carbons (Fsp3) is 0.0833. The van der Waals surface area contributed by atoms with E-state index >= 15 is 0 Å². The highest BCUT2D eigenvalue weighted by atomic mass is 32.2. The summed E-state index contributed by atoms with van der Waals surface area (Å²) in [5, 5.41) is 0. The van der Waals surface area contributed by atoms with Crippen LogP contribution in [0.2, 0.25) is 0 Å². The molecule has 0 saturated carbocycles. The standard InChI is InChI=1S/C7H5FN2O4S.C5H3N/c1-14-7(11)6-5(8)2-4(3-9-6)10-15(12)13;1-2-6-5-3-4(1)5/h2-3H,1H3;1-3H. The molecule has 0 N–H and O–H groups in total. The van der Waals surface area contributed by atoms with Crippen LogP contribution < -0.4 is 0 Å². The quantitative estimate of drug-likeness (QED) is 0.669. The summed E-state index contributed by atoms with van der Waals surface area (Å²) in [6.45, 7) is 0. The Morgan fingerprint density at radius 3 is 2.48 bits per heavy atom. The molecule has 108 valence electrons. The van der Waals surface area contributed by atoms with Crippen molar-refractivity contribution in [1.29, 1.82) is 0 Å². The largest absolute Gasteiger partial charge is 0.464 e. The molecule has 0 radical (unpaired) electrons. The molecule has 0 amide bonds. The highest BCUT2D eigenvalue weighted by Gasteiger charge is 2.14. The van der Waals surface area contributed by atoms with Crippen LogP contribution in [0.1, 0.15) is 10.5 Å². The first kappa shape index (κ1) is 14.7. The van der Waals surface area contributed by atoms with Crippen molar-refractivity contribution in [3.8, 4) is 11.3 Å². The van der Waals surface area contributed by atoms with Gasteiger partial charge in [-0.3, -0.25) is 4.98 Å². The molecule has 1 aromatic rings. The Balaban J connectivity index is 0.000000218. The van der Waals surface area contributed by atoms with Gasteiger partial charge in [0.2, 0.25) is 0 Å². The number of methoxy groups -OCH3 is 1. The lowest BCUT2D eigenvalue weighted by Crippen LogP contribution is -2.06. The summed E-state index contributed by atoms with van der Waals surface area (Å²) in [4.78, 5) is 18.2. The molecule has 0 aromatic carbocycles. The second-order valence-corrected chi connectivity index (χ2v) is 4.37. The molecule has 0 atom stereocenters. The molecule has 0 spiro atoms. The van der Waals surface area contributed by atoms with Crippen molar-refractivity contribution in [2.24, 2.45) is 4.36 Å². The fourth-order valence-electron chi connectivity index (χ4n) is 1.37. The molecular formula is C12H8FN3O4S. The molecule has 2 heterocycles. The number of fused-ring (bicyclic) bond motifs is 1. The first-order valence-corrected chi connectivity index (χ1v) is 6.56. The Kier molecular flexibility index (Phi) is 4.33. The van der Waals surface area contributed by atoms with E-state index in [2.05, 4.69) is 25.1 Å². The summed E-state index contributed by atoms with van der Waals surface area (Å²) in [5.41, 5.74) is 1.77. The molecule has 1 aromatic heterocycles. The number of nitrogens with zero attached hydrogens (tertiary/aromatic N) is 3. The summed E-state index contributed by atoms with van der Waals surface area (Å²) >= 11 is 0. The summed E-state index contributed by atoms with van der Waals surface area (Å²) in [6, 6.07) is 4.84. The van der Waals surface area contributed by atoms with Crippen LogP contribution in [0.3, 0.4) is 0 Å². The first-order valence-electron chi connectivity index (χ1n) is 5.52. The molecule has 0 saturated heterocycles. The average Bonchev–Trinajstić information content (AvgIpc) is 3.04. The van der Waals surface area contributed by atoms with Gasteiger partial charge >= 0.3 is 16.5 Å². The number of esters is 1. The molecule has 1 aliphatic carbocycles. The van der Waals surface area contributed by atoms with Gasteiger partial charge in [0.15, 0.2) is 11.5 Å². The number of aromatic nitrogens is 2. The lowest BCUT2D eigenvalue weighted by molar-refractivity contribution is 0.0588. The summed E-state index contributed by atoms with van der Waals surface area (Å²) < 4.78 is 40.7. The minimum Gasteiger partial charge on any atom is -0.464 e. The van der Waals surface area contributed by atoms with Crippen LogP contribution in [0.4, 0.5) is 10.1 Å². The Morgan fingerprint density at radius 2 is 2.10 bits per heavy atom. The molecule has 1 aliphatic heterocycles. The maximum absolute atomic E-state index is 13.1. The van der Waals surface area contributed by atoms with Gasteiger partial charge in [-0.15, -0.1) is 4.36 Å². The first-order chi connectivity index (χ1) is 10.0. The zero-order valence-electron chi connectivity index (χ0n) is 10.6. The number of rotatable bonds is 2. The molecule has 0 fully saturated rings. The maximum atomic E-state index is 13.1. The van der Waals surface area contributed by atoms with Crippen LogP contribution in [0.15, 0.2) is 35.0 Å². The smallest absolute Gasteiger partial charge is 0.359 e. The SMILES string of the molecule is COC(=O)c1ncc(N=S(=O)=O)cc1F.c1cc2cc-2n1. The van der Waals surface area contributed by atoms with Gasteiger partial charge in [-0.25, -0.2) is 14.2 Å². The number of carbonyl (C=O) groups excluding carboxylic acids is 1. The van der Waals surface area contributed by atoms with Crippen LogP contribution >= 0.6 is 0 Å². The minimum absolute atomic E-state index is 0.200. The van der Waals surface area contributed by atoms with Gasteiger partial charge in [-0.05, 0) is 12.1 Å². The van der Waals surface area contributed by atoms with Gasteiger partial charge in [0.25, 0.3) is 0 Å². The van der Waals surface area contributed by atoms with Crippen LogP contribution in [-0.2, 0) is 15.2 Å². The number of halogens is 1. The number of hydrogen-bond acceptors (Lipinski definition) is 7. The normalized spacial score (nSPS) is 10.0. The van der Waals surface area contributed by atoms with E-state index in [1.165, 1.54) is 11.3 Å². The van der Waals surface area contributed by atoms with Gasteiger partial charge in [0.05, 0.1) is 19.0 Å². The monoisotopic (exact) mass is 309 g/mol. The van der Waals surface area contributed by atoms with Gasteiger partial charge in [-0.2, -0.15) is 8.42 Å². The highest BCUT2D eigenvalue weighted by molar-refractivity contribution is 7.61. The number of ether oxygens (including phenoxy) is 1. The van der Waals surface area contributed by atoms with Crippen molar-refractivity contribution in [2.75, 3.05) is 7.11 Å². The molecule has 21 heavy (non-hydrogen) atoms. The maximum Gasteiger partial charge on any atom is 0.359 e. The van der Waals surface area contributed by atoms with Crippen LogP contribution in [0.25, 0.3) is 11.3 Å². The second-order valence-electron chi connectivity index (χ2n) is 3.75. The van der Waals surface area contributed by atoms with Gasteiger partial charge in [-0.1, -0.05) is 0 Å². The van der Waals surface area contributed by atoms with Crippen molar-refractivity contribution >= 4 is 22.2 Å². The molecule has 3 rings (SSSR count). The van der Waals surface area contributed by atoms with E-state index in [0.717, 1.165) is 19.4 Å². The van der Waals surface area contributed by atoms with Crippen molar-refractivity contribution in [2.45, 2.75) is 0 Å². The molecular weight excluding hydrogens is 301 g/mol. The van der Waals surface area contributed by atoms with E-state index in [4.69, 9.17) is 0 Å². The van der Waals surface area contributed by atoms with Crippen molar-refractivity contribution in [3.63, 3.8) is 0 Å². The van der Waals surface area contributed by atoms with E-state index in [0.29, 0.717) is 0 Å². The molecule has 2 aliphatic rings. The third kappa shape index (κ3) is 3.89. The number of hydrogen-bond donors (Lipinski definition) is 0. The predicted octanol–water partition coefficient (Wildman–Crippen LogP) is 1.76. The predicted molar refractivity (Wildman–Crippen MR) is 69.8 cm³/mol. The summed E-state index contributed by atoms with van der Waals surface area (Å²) in [6.07, 6.45) is 2.77. The van der Waals surface area contributed by atoms with E-state index in [1.807, 2.05) is 12.3 Å².